The molecule has 2 aromatic rings. The van der Waals surface area contributed by atoms with Crippen LogP contribution in [0.1, 0.15) is 27.0 Å². The van der Waals surface area contributed by atoms with Crippen LogP contribution in [0.4, 0.5) is 5.69 Å². The molecule has 0 saturated heterocycles. The topological polar surface area (TPSA) is 49.3 Å². The van der Waals surface area contributed by atoms with Crippen molar-refractivity contribution >= 4 is 23.2 Å². The van der Waals surface area contributed by atoms with E-state index in [2.05, 4.69) is 5.32 Å². The zero-order valence-electron chi connectivity index (χ0n) is 11.6. The van der Waals surface area contributed by atoms with Crippen molar-refractivity contribution in [3.8, 4) is 5.75 Å². The molecule has 0 radical (unpaired) electrons. The van der Waals surface area contributed by atoms with Gasteiger partial charge in [-0.2, -0.15) is 0 Å². The van der Waals surface area contributed by atoms with Crippen LogP contribution in [0.5, 0.6) is 5.75 Å². The van der Waals surface area contributed by atoms with E-state index < -0.39 is 0 Å². The number of hydrogen-bond acceptors (Lipinski definition) is 2. The molecule has 0 fully saturated rings. The van der Waals surface area contributed by atoms with Gasteiger partial charge in [-0.3, -0.25) is 4.79 Å². The Morgan fingerprint density at radius 1 is 1.05 bits per heavy atom. The van der Waals surface area contributed by atoms with Crippen LogP contribution in [0.2, 0.25) is 5.02 Å². The molecule has 0 aromatic heterocycles. The summed E-state index contributed by atoms with van der Waals surface area (Å²) in [5.41, 5.74) is 3.64. The van der Waals surface area contributed by atoms with Crippen molar-refractivity contribution in [3.05, 3.63) is 57.6 Å². The highest BCUT2D eigenvalue weighted by molar-refractivity contribution is 6.31. The number of carbonyl (C=O) groups excluding carboxylic acids is 1. The van der Waals surface area contributed by atoms with Crippen LogP contribution in [-0.2, 0) is 0 Å². The van der Waals surface area contributed by atoms with E-state index in [0.717, 1.165) is 16.7 Å². The second-order valence-corrected chi connectivity index (χ2v) is 5.28. The number of hydrogen-bond donors (Lipinski definition) is 2. The lowest BCUT2D eigenvalue weighted by molar-refractivity contribution is 0.102. The molecule has 1 amide bonds. The predicted octanol–water partition coefficient (Wildman–Crippen LogP) is 4.22. The van der Waals surface area contributed by atoms with E-state index >= 15 is 0 Å². The number of anilines is 1. The Bertz CT molecular complexity index is 680. The maximum atomic E-state index is 12.2. The number of carbonyl (C=O) groups is 1. The van der Waals surface area contributed by atoms with Crippen LogP contribution < -0.4 is 5.32 Å². The van der Waals surface area contributed by atoms with Crippen molar-refractivity contribution in [2.75, 3.05) is 5.32 Å². The molecule has 4 heteroatoms. The normalized spacial score (nSPS) is 10.4. The fourth-order valence-electron chi connectivity index (χ4n) is 1.92. The zero-order valence-corrected chi connectivity index (χ0v) is 12.4. The summed E-state index contributed by atoms with van der Waals surface area (Å²) >= 11 is 5.95. The van der Waals surface area contributed by atoms with Crippen molar-refractivity contribution in [3.63, 3.8) is 0 Å². The quantitative estimate of drug-likeness (QED) is 0.813. The fourth-order valence-corrected chi connectivity index (χ4v) is 2.03. The van der Waals surface area contributed by atoms with Gasteiger partial charge in [-0.1, -0.05) is 11.6 Å². The Labute approximate surface area is 123 Å². The molecule has 3 nitrogen and oxygen atoms in total. The molecule has 0 aliphatic rings. The molecule has 0 heterocycles. The first-order valence-electron chi connectivity index (χ1n) is 6.26. The Morgan fingerprint density at radius 3 is 2.40 bits per heavy atom. The number of halogens is 1. The Hall–Kier alpha value is -2.00. The van der Waals surface area contributed by atoms with Gasteiger partial charge in [0.15, 0.2) is 0 Å². The van der Waals surface area contributed by atoms with Gasteiger partial charge in [0.1, 0.15) is 5.75 Å². The lowest BCUT2D eigenvalue weighted by atomic mass is 10.1. The first-order valence-corrected chi connectivity index (χ1v) is 6.64. The van der Waals surface area contributed by atoms with E-state index in [0.29, 0.717) is 16.3 Å². The maximum absolute atomic E-state index is 12.2. The smallest absolute Gasteiger partial charge is 0.255 e. The van der Waals surface area contributed by atoms with Gasteiger partial charge in [0.05, 0.1) is 0 Å². The number of phenols is 1. The summed E-state index contributed by atoms with van der Waals surface area (Å²) in [6.07, 6.45) is 0. The molecule has 0 aliphatic heterocycles. The van der Waals surface area contributed by atoms with Crippen LogP contribution in [0, 0.1) is 20.8 Å². The van der Waals surface area contributed by atoms with Crippen molar-refractivity contribution < 1.29 is 9.90 Å². The molecule has 0 atom stereocenters. The van der Waals surface area contributed by atoms with E-state index in [9.17, 15) is 9.90 Å². The average molecular weight is 290 g/mol. The highest BCUT2D eigenvalue weighted by atomic mass is 35.5. The third-order valence-corrected chi connectivity index (χ3v) is 3.64. The molecule has 0 spiro atoms. The molecule has 0 saturated carbocycles. The number of benzene rings is 2. The molecule has 104 valence electrons. The van der Waals surface area contributed by atoms with Crippen LogP contribution in [0.3, 0.4) is 0 Å². The summed E-state index contributed by atoms with van der Waals surface area (Å²) < 4.78 is 0. The second-order valence-electron chi connectivity index (χ2n) is 4.87. The summed E-state index contributed by atoms with van der Waals surface area (Å²) in [4.78, 5) is 12.2. The Balaban J connectivity index is 2.27. The average Bonchev–Trinajstić information content (AvgIpc) is 2.39. The minimum atomic E-state index is -0.196. The van der Waals surface area contributed by atoms with Crippen molar-refractivity contribution in [2.45, 2.75) is 20.8 Å². The number of rotatable bonds is 2. The van der Waals surface area contributed by atoms with E-state index in [1.807, 2.05) is 13.8 Å². The maximum Gasteiger partial charge on any atom is 0.255 e. The van der Waals surface area contributed by atoms with Gasteiger partial charge in [-0.25, -0.2) is 0 Å². The van der Waals surface area contributed by atoms with Gasteiger partial charge in [0, 0.05) is 16.3 Å². The second kappa shape index (κ2) is 5.55. The van der Waals surface area contributed by atoms with E-state index in [1.165, 1.54) is 0 Å². The molecule has 2 aromatic carbocycles. The highest BCUT2D eigenvalue weighted by Gasteiger charge is 2.10. The number of nitrogens with one attached hydrogen (secondary N) is 1. The first kappa shape index (κ1) is 14.4. The van der Waals surface area contributed by atoms with E-state index in [4.69, 9.17) is 11.6 Å². The molecule has 2 N–H and O–H groups in total. The monoisotopic (exact) mass is 289 g/mol. The standard InChI is InChI=1S/C16H16ClNO2/c1-9-6-12(4-5-13(9)17)16(20)18-14-7-11(3)15(19)8-10(14)2/h4-8,19H,1-3H3,(H,18,20). The molecule has 2 rings (SSSR count). The van der Waals surface area contributed by atoms with Crippen LogP contribution in [0.15, 0.2) is 30.3 Å². The van der Waals surface area contributed by atoms with Crippen LogP contribution >= 0.6 is 11.6 Å². The molecule has 0 aliphatic carbocycles. The van der Waals surface area contributed by atoms with Gasteiger partial charge in [0.25, 0.3) is 5.91 Å². The number of amides is 1. The van der Waals surface area contributed by atoms with Crippen LogP contribution in [0.25, 0.3) is 0 Å². The summed E-state index contributed by atoms with van der Waals surface area (Å²) in [7, 11) is 0. The first-order chi connectivity index (χ1) is 9.38. The van der Waals surface area contributed by atoms with Gasteiger partial charge in [-0.05, 0) is 67.8 Å². The SMILES string of the molecule is Cc1cc(NC(=O)c2ccc(Cl)c(C)c2)c(C)cc1O. The zero-order chi connectivity index (χ0) is 14.9. The van der Waals surface area contributed by atoms with E-state index in [-0.39, 0.29) is 11.7 Å². The third kappa shape index (κ3) is 2.94. The van der Waals surface area contributed by atoms with Gasteiger partial charge in [-0.15, -0.1) is 0 Å². The minimum absolute atomic E-state index is 0.196. The number of aryl methyl sites for hydroxylation is 3. The largest absolute Gasteiger partial charge is 0.508 e. The van der Waals surface area contributed by atoms with Crippen molar-refractivity contribution in [1.29, 1.82) is 0 Å². The number of phenolic OH excluding ortho intramolecular Hbond substituents is 1. The van der Waals surface area contributed by atoms with Crippen LogP contribution in [-0.4, -0.2) is 11.0 Å². The summed E-state index contributed by atoms with van der Waals surface area (Å²) in [6, 6.07) is 8.54. The molecule has 0 unspecified atom stereocenters. The highest BCUT2D eigenvalue weighted by Crippen LogP contribution is 2.25. The summed E-state index contributed by atoms with van der Waals surface area (Å²) in [5.74, 6) is 0.0285. The molecular formula is C16H16ClNO2. The van der Waals surface area contributed by atoms with Gasteiger partial charge in [0.2, 0.25) is 0 Å². The summed E-state index contributed by atoms with van der Waals surface area (Å²) in [6.45, 7) is 5.48. The lowest BCUT2D eigenvalue weighted by Crippen LogP contribution is -2.13. The van der Waals surface area contributed by atoms with Crippen molar-refractivity contribution in [2.24, 2.45) is 0 Å². The molecule has 0 bridgehead atoms. The van der Waals surface area contributed by atoms with E-state index in [1.54, 1.807) is 37.3 Å². The minimum Gasteiger partial charge on any atom is -0.508 e. The van der Waals surface area contributed by atoms with Gasteiger partial charge >= 0.3 is 0 Å². The predicted molar refractivity (Wildman–Crippen MR) is 81.7 cm³/mol. The fraction of sp³-hybridized carbons (Fsp3) is 0.188. The van der Waals surface area contributed by atoms with Gasteiger partial charge < -0.3 is 10.4 Å². The molecule has 20 heavy (non-hydrogen) atoms. The molecular weight excluding hydrogens is 274 g/mol. The lowest BCUT2D eigenvalue weighted by Gasteiger charge is -2.11. The Kier molecular flexibility index (Phi) is 4.00. The number of aromatic hydroxyl groups is 1. The third-order valence-electron chi connectivity index (χ3n) is 3.21. The van der Waals surface area contributed by atoms with Crippen molar-refractivity contribution in [1.82, 2.24) is 0 Å². The Morgan fingerprint density at radius 2 is 1.75 bits per heavy atom. The summed E-state index contributed by atoms with van der Waals surface area (Å²) in [5, 5.41) is 13.1.